The van der Waals surface area contributed by atoms with Crippen molar-refractivity contribution in [2.45, 2.75) is 6.18 Å². The third-order valence-corrected chi connectivity index (χ3v) is 2.25. The fourth-order valence-corrected chi connectivity index (χ4v) is 1.35. The maximum absolute atomic E-state index is 12.3. The largest absolute Gasteiger partial charge is 0.472 e. The van der Waals surface area contributed by atoms with Crippen molar-refractivity contribution in [1.29, 1.82) is 0 Å². The second kappa shape index (κ2) is 4.49. The molecule has 17 heavy (non-hydrogen) atoms. The lowest BCUT2D eigenvalue weighted by atomic mass is 10.1. The number of alkyl halides is 3. The van der Waals surface area contributed by atoms with Crippen LogP contribution in [0, 0.1) is 0 Å². The molecule has 0 spiro atoms. The van der Waals surface area contributed by atoms with E-state index >= 15 is 0 Å². The van der Waals surface area contributed by atoms with Crippen molar-refractivity contribution in [3.05, 3.63) is 59.5 Å². The first-order chi connectivity index (χ1) is 8.05. The molecule has 0 aliphatic rings. The zero-order valence-electron chi connectivity index (χ0n) is 8.74. The van der Waals surface area contributed by atoms with Crippen molar-refractivity contribution in [2.24, 2.45) is 0 Å². The summed E-state index contributed by atoms with van der Waals surface area (Å²) >= 11 is 0. The van der Waals surface area contributed by atoms with Crippen molar-refractivity contribution in [2.75, 3.05) is 0 Å². The van der Waals surface area contributed by atoms with Gasteiger partial charge in [0, 0.05) is 5.56 Å². The Hall–Kier alpha value is -1.97. The fourth-order valence-electron chi connectivity index (χ4n) is 1.35. The van der Waals surface area contributed by atoms with Gasteiger partial charge in [-0.3, -0.25) is 0 Å². The SMILES string of the molecule is FC(F)(F)c1ccc(/C=C/c2ccoc2)cc1. The Balaban J connectivity index is 2.14. The third-order valence-electron chi connectivity index (χ3n) is 2.25. The van der Waals surface area contributed by atoms with Gasteiger partial charge in [-0.25, -0.2) is 0 Å². The Morgan fingerprint density at radius 3 is 2.06 bits per heavy atom. The van der Waals surface area contributed by atoms with Crippen LogP contribution in [-0.2, 0) is 6.18 Å². The zero-order chi connectivity index (χ0) is 12.3. The van der Waals surface area contributed by atoms with Crippen LogP contribution in [0.4, 0.5) is 13.2 Å². The van der Waals surface area contributed by atoms with Crippen LogP contribution in [-0.4, -0.2) is 0 Å². The minimum absolute atomic E-state index is 0.641. The number of rotatable bonds is 2. The average Bonchev–Trinajstić information content (AvgIpc) is 2.78. The molecule has 0 saturated carbocycles. The minimum Gasteiger partial charge on any atom is -0.472 e. The number of furan rings is 1. The van der Waals surface area contributed by atoms with E-state index in [0.29, 0.717) is 5.56 Å². The Morgan fingerprint density at radius 1 is 0.882 bits per heavy atom. The van der Waals surface area contributed by atoms with Crippen molar-refractivity contribution in [1.82, 2.24) is 0 Å². The summed E-state index contributed by atoms with van der Waals surface area (Å²) in [5.74, 6) is 0. The molecule has 88 valence electrons. The van der Waals surface area contributed by atoms with Crippen LogP contribution in [0.15, 0.2) is 47.3 Å². The van der Waals surface area contributed by atoms with E-state index in [1.807, 2.05) is 0 Å². The molecule has 0 bridgehead atoms. The summed E-state index contributed by atoms with van der Waals surface area (Å²) in [5, 5.41) is 0. The molecule has 0 saturated heterocycles. The number of hydrogen-bond acceptors (Lipinski definition) is 1. The highest BCUT2D eigenvalue weighted by Gasteiger charge is 2.29. The predicted octanol–water partition coefficient (Wildman–Crippen LogP) is 4.47. The topological polar surface area (TPSA) is 13.1 Å². The van der Waals surface area contributed by atoms with Gasteiger partial charge in [-0.1, -0.05) is 24.3 Å². The standard InChI is InChI=1S/C13H9F3O/c14-13(15,16)12-5-3-10(4-6-12)1-2-11-7-8-17-9-11/h1-9H/b2-1+. The lowest BCUT2D eigenvalue weighted by Crippen LogP contribution is -2.03. The highest BCUT2D eigenvalue weighted by Crippen LogP contribution is 2.29. The highest BCUT2D eigenvalue weighted by molar-refractivity contribution is 5.69. The quantitative estimate of drug-likeness (QED) is 0.752. The van der Waals surface area contributed by atoms with E-state index in [1.165, 1.54) is 18.4 Å². The highest BCUT2D eigenvalue weighted by atomic mass is 19.4. The van der Waals surface area contributed by atoms with Gasteiger partial charge in [-0.05, 0) is 23.8 Å². The minimum atomic E-state index is -4.28. The van der Waals surface area contributed by atoms with Crippen LogP contribution in [0.1, 0.15) is 16.7 Å². The van der Waals surface area contributed by atoms with E-state index in [0.717, 1.165) is 17.7 Å². The molecule has 0 aliphatic heterocycles. The Kier molecular flexibility index (Phi) is 3.04. The number of hydrogen-bond donors (Lipinski definition) is 0. The van der Waals surface area contributed by atoms with Crippen LogP contribution >= 0.6 is 0 Å². The van der Waals surface area contributed by atoms with E-state index < -0.39 is 11.7 Å². The van der Waals surface area contributed by atoms with Crippen LogP contribution in [0.3, 0.4) is 0 Å². The summed E-state index contributed by atoms with van der Waals surface area (Å²) in [7, 11) is 0. The van der Waals surface area contributed by atoms with Crippen molar-refractivity contribution in [3.63, 3.8) is 0 Å². The van der Waals surface area contributed by atoms with Gasteiger partial charge in [0.25, 0.3) is 0 Å². The molecule has 1 aromatic heterocycles. The zero-order valence-corrected chi connectivity index (χ0v) is 8.74. The van der Waals surface area contributed by atoms with Gasteiger partial charge < -0.3 is 4.42 Å². The monoisotopic (exact) mass is 238 g/mol. The number of benzene rings is 1. The molecule has 1 aromatic carbocycles. The smallest absolute Gasteiger partial charge is 0.416 e. The summed E-state index contributed by atoms with van der Waals surface area (Å²) in [6.07, 6.45) is 2.30. The van der Waals surface area contributed by atoms with Gasteiger partial charge in [-0.15, -0.1) is 0 Å². The molecule has 0 fully saturated rings. The second-order valence-electron chi connectivity index (χ2n) is 3.51. The summed E-state index contributed by atoms with van der Waals surface area (Å²) < 4.78 is 41.8. The van der Waals surface area contributed by atoms with Crippen LogP contribution in [0.25, 0.3) is 12.2 Å². The first-order valence-corrected chi connectivity index (χ1v) is 4.93. The summed E-state index contributed by atoms with van der Waals surface area (Å²) in [5.41, 5.74) is 0.932. The first kappa shape index (κ1) is 11.5. The molecule has 1 nitrogen and oxygen atoms in total. The van der Waals surface area contributed by atoms with E-state index in [-0.39, 0.29) is 0 Å². The Labute approximate surface area is 96.2 Å². The fraction of sp³-hybridized carbons (Fsp3) is 0.0769. The molecule has 0 N–H and O–H groups in total. The predicted molar refractivity (Wildman–Crippen MR) is 59.1 cm³/mol. The van der Waals surface area contributed by atoms with E-state index in [9.17, 15) is 13.2 Å². The first-order valence-electron chi connectivity index (χ1n) is 4.93. The lowest BCUT2D eigenvalue weighted by molar-refractivity contribution is -0.137. The van der Waals surface area contributed by atoms with E-state index in [2.05, 4.69) is 0 Å². The molecular weight excluding hydrogens is 229 g/mol. The van der Waals surface area contributed by atoms with Crippen LogP contribution in [0.2, 0.25) is 0 Å². The summed E-state index contributed by atoms with van der Waals surface area (Å²) in [4.78, 5) is 0. The van der Waals surface area contributed by atoms with E-state index in [1.54, 1.807) is 24.5 Å². The summed E-state index contributed by atoms with van der Waals surface area (Å²) in [6, 6.07) is 6.75. The van der Waals surface area contributed by atoms with Gasteiger partial charge in [0.1, 0.15) is 0 Å². The maximum atomic E-state index is 12.3. The number of halogens is 3. The van der Waals surface area contributed by atoms with Crippen LogP contribution < -0.4 is 0 Å². The molecule has 1 heterocycles. The second-order valence-corrected chi connectivity index (χ2v) is 3.51. The maximum Gasteiger partial charge on any atom is 0.416 e. The third kappa shape index (κ3) is 3.00. The molecule has 0 unspecified atom stereocenters. The van der Waals surface area contributed by atoms with Gasteiger partial charge in [0.05, 0.1) is 18.1 Å². The van der Waals surface area contributed by atoms with Crippen molar-refractivity contribution in [3.8, 4) is 0 Å². The van der Waals surface area contributed by atoms with Gasteiger partial charge in [0.15, 0.2) is 0 Å². The molecule has 0 amide bonds. The Bertz CT molecular complexity index is 492. The lowest BCUT2D eigenvalue weighted by Gasteiger charge is -2.05. The van der Waals surface area contributed by atoms with Gasteiger partial charge >= 0.3 is 6.18 Å². The normalized spacial score (nSPS) is 12.2. The van der Waals surface area contributed by atoms with Crippen molar-refractivity contribution < 1.29 is 17.6 Å². The van der Waals surface area contributed by atoms with Crippen molar-refractivity contribution >= 4 is 12.2 Å². The molecule has 2 aromatic rings. The average molecular weight is 238 g/mol. The molecular formula is C13H9F3O. The van der Waals surface area contributed by atoms with E-state index in [4.69, 9.17) is 4.42 Å². The molecule has 2 rings (SSSR count). The van der Waals surface area contributed by atoms with Crippen LogP contribution in [0.5, 0.6) is 0 Å². The van der Waals surface area contributed by atoms with Gasteiger partial charge in [0.2, 0.25) is 0 Å². The Morgan fingerprint density at radius 2 is 1.53 bits per heavy atom. The molecule has 0 atom stereocenters. The molecule has 0 aliphatic carbocycles. The molecule has 4 heteroatoms. The summed E-state index contributed by atoms with van der Waals surface area (Å²) in [6.45, 7) is 0. The molecule has 0 radical (unpaired) electrons. The van der Waals surface area contributed by atoms with Gasteiger partial charge in [-0.2, -0.15) is 13.2 Å².